The Hall–Kier alpha value is -2.37. The zero-order valence-corrected chi connectivity index (χ0v) is 18.9. The normalized spacial score (nSPS) is 22.7. The van der Waals surface area contributed by atoms with Crippen molar-refractivity contribution in [2.75, 3.05) is 11.9 Å². The Morgan fingerprint density at radius 3 is 2.20 bits per heavy atom. The van der Waals surface area contributed by atoms with Crippen LogP contribution in [-0.2, 0) is 9.59 Å². The number of hydrogen-bond acceptors (Lipinski definition) is 3. The number of nitrogens with zero attached hydrogens (tertiary/aromatic N) is 1. The lowest BCUT2D eigenvalue weighted by Gasteiger charge is -2.34. The number of amides is 4. The van der Waals surface area contributed by atoms with E-state index in [1.54, 1.807) is 0 Å². The summed E-state index contributed by atoms with van der Waals surface area (Å²) in [5.74, 6) is -0.0160. The van der Waals surface area contributed by atoms with Crippen LogP contribution < -0.4 is 10.6 Å². The second kappa shape index (κ2) is 8.78. The average Bonchev–Trinajstić information content (AvgIpc) is 2.92. The van der Waals surface area contributed by atoms with Crippen LogP contribution in [0.25, 0.3) is 0 Å². The maximum atomic E-state index is 13.1. The molecule has 1 aliphatic heterocycles. The van der Waals surface area contributed by atoms with Crippen LogP contribution in [-0.4, -0.2) is 34.8 Å². The first-order valence-corrected chi connectivity index (χ1v) is 11.2. The highest BCUT2D eigenvalue weighted by molar-refractivity contribution is 6.10. The molecule has 1 aromatic rings. The van der Waals surface area contributed by atoms with Crippen molar-refractivity contribution in [3.63, 3.8) is 0 Å². The summed E-state index contributed by atoms with van der Waals surface area (Å²) >= 11 is 0. The quantitative estimate of drug-likeness (QED) is 0.660. The molecule has 6 nitrogen and oxygen atoms in total. The van der Waals surface area contributed by atoms with Gasteiger partial charge in [-0.15, -0.1) is 0 Å². The maximum Gasteiger partial charge on any atom is 0.325 e. The zero-order valence-electron chi connectivity index (χ0n) is 18.9. The molecule has 164 valence electrons. The van der Waals surface area contributed by atoms with Gasteiger partial charge < -0.3 is 10.6 Å². The van der Waals surface area contributed by atoms with Crippen LogP contribution in [0.5, 0.6) is 0 Å². The van der Waals surface area contributed by atoms with Crippen molar-refractivity contribution in [3.05, 3.63) is 29.3 Å². The molecule has 0 spiro atoms. The highest BCUT2D eigenvalue weighted by atomic mass is 16.2. The second-order valence-electron chi connectivity index (χ2n) is 9.53. The third kappa shape index (κ3) is 4.23. The van der Waals surface area contributed by atoms with E-state index in [4.69, 9.17) is 0 Å². The van der Waals surface area contributed by atoms with Gasteiger partial charge in [0.25, 0.3) is 5.91 Å². The van der Waals surface area contributed by atoms with Gasteiger partial charge in [-0.05, 0) is 48.6 Å². The summed E-state index contributed by atoms with van der Waals surface area (Å²) in [5.41, 5.74) is 2.00. The van der Waals surface area contributed by atoms with Gasteiger partial charge in [0, 0.05) is 5.69 Å². The Morgan fingerprint density at radius 1 is 1.10 bits per heavy atom. The molecule has 0 radical (unpaired) electrons. The predicted molar refractivity (Wildman–Crippen MR) is 118 cm³/mol. The van der Waals surface area contributed by atoms with E-state index in [2.05, 4.69) is 38.3 Å². The Balaban J connectivity index is 1.77. The van der Waals surface area contributed by atoms with Gasteiger partial charge in [-0.1, -0.05) is 65.2 Å². The molecule has 3 rings (SSSR count). The molecule has 0 bridgehead atoms. The third-order valence-corrected chi connectivity index (χ3v) is 6.66. The number of imide groups is 1. The molecule has 0 unspecified atom stereocenters. The summed E-state index contributed by atoms with van der Waals surface area (Å²) in [4.78, 5) is 39.7. The van der Waals surface area contributed by atoms with E-state index >= 15 is 0 Å². The van der Waals surface area contributed by atoms with Gasteiger partial charge in [-0.2, -0.15) is 0 Å². The molecule has 4 amide bonds. The van der Waals surface area contributed by atoms with Crippen molar-refractivity contribution in [2.45, 2.75) is 84.1 Å². The molecular weight excluding hydrogens is 378 g/mol. The highest BCUT2D eigenvalue weighted by Gasteiger charge is 2.52. The van der Waals surface area contributed by atoms with Gasteiger partial charge in [0.15, 0.2) is 0 Å². The number of hydrogen-bond donors (Lipinski definition) is 2. The van der Waals surface area contributed by atoms with E-state index in [9.17, 15) is 14.4 Å². The second-order valence-corrected chi connectivity index (χ2v) is 9.53. The Bertz CT molecular complexity index is 801. The lowest BCUT2D eigenvalue weighted by molar-refractivity contribution is -0.135. The van der Waals surface area contributed by atoms with Crippen LogP contribution >= 0.6 is 0 Å². The van der Waals surface area contributed by atoms with E-state index in [0.717, 1.165) is 47.4 Å². The number of urea groups is 1. The molecule has 1 heterocycles. The van der Waals surface area contributed by atoms with Crippen LogP contribution in [0.4, 0.5) is 10.5 Å². The molecule has 30 heavy (non-hydrogen) atoms. The van der Waals surface area contributed by atoms with Gasteiger partial charge >= 0.3 is 6.03 Å². The molecule has 1 aliphatic carbocycles. The Kier molecular flexibility index (Phi) is 6.53. The molecular formula is C24H35N3O3. The van der Waals surface area contributed by atoms with Crippen molar-refractivity contribution in [1.82, 2.24) is 10.2 Å². The first-order valence-electron chi connectivity index (χ1n) is 11.2. The third-order valence-electron chi connectivity index (χ3n) is 6.66. The predicted octanol–water partition coefficient (Wildman–Crippen LogP) is 4.76. The van der Waals surface area contributed by atoms with Crippen LogP contribution in [0.2, 0.25) is 0 Å². The number of carbonyl (C=O) groups is 3. The lowest BCUT2D eigenvalue weighted by atomic mass is 9.75. The minimum atomic E-state index is -0.906. The monoisotopic (exact) mass is 413 g/mol. The molecule has 0 aromatic heterocycles. The van der Waals surface area contributed by atoms with Crippen LogP contribution in [0.1, 0.15) is 89.7 Å². The number of anilines is 1. The number of carbonyl (C=O) groups excluding carboxylic acids is 3. The minimum Gasteiger partial charge on any atom is -0.324 e. The smallest absolute Gasteiger partial charge is 0.324 e. The molecule has 1 saturated carbocycles. The summed E-state index contributed by atoms with van der Waals surface area (Å²) in [5, 5.41) is 5.89. The van der Waals surface area contributed by atoms with E-state index in [1.807, 2.05) is 25.1 Å². The first kappa shape index (κ1) is 22.3. The van der Waals surface area contributed by atoms with Crippen LogP contribution in [0.15, 0.2) is 18.2 Å². The fourth-order valence-electron chi connectivity index (χ4n) is 4.83. The van der Waals surface area contributed by atoms with E-state index in [-0.39, 0.29) is 36.1 Å². The van der Waals surface area contributed by atoms with Gasteiger partial charge in [0.2, 0.25) is 5.91 Å². The molecule has 1 saturated heterocycles. The standard InChI is InChI=1S/C24H35N3O3/c1-15(2)18-12-9-13-19(16(3)4)21(18)25-20(28)14-27-22(29)24(5,26-23(27)30)17-10-7-6-8-11-17/h9,12-13,15-17H,6-8,10-11,14H2,1-5H3,(H,25,28)(H,26,30)/t24-/m1/s1. The van der Waals surface area contributed by atoms with E-state index in [1.165, 1.54) is 6.42 Å². The van der Waals surface area contributed by atoms with Gasteiger partial charge in [0.1, 0.15) is 12.1 Å². The highest BCUT2D eigenvalue weighted by Crippen LogP contribution is 2.37. The number of nitrogens with one attached hydrogen (secondary N) is 2. The molecule has 6 heteroatoms. The number of rotatable bonds is 6. The molecule has 2 N–H and O–H groups in total. The van der Waals surface area contributed by atoms with Crippen molar-refractivity contribution in [3.8, 4) is 0 Å². The fourth-order valence-corrected chi connectivity index (χ4v) is 4.83. The Morgan fingerprint density at radius 2 is 1.67 bits per heavy atom. The van der Waals surface area contributed by atoms with Gasteiger partial charge in [-0.3, -0.25) is 14.5 Å². The topological polar surface area (TPSA) is 78.5 Å². The molecule has 1 atom stereocenters. The molecule has 2 fully saturated rings. The lowest BCUT2D eigenvalue weighted by Crippen LogP contribution is -2.51. The van der Waals surface area contributed by atoms with Crippen LogP contribution in [0, 0.1) is 5.92 Å². The average molecular weight is 414 g/mol. The van der Waals surface area contributed by atoms with Gasteiger partial charge in [-0.25, -0.2) is 4.79 Å². The number of benzene rings is 1. The van der Waals surface area contributed by atoms with Crippen molar-refractivity contribution in [2.24, 2.45) is 5.92 Å². The van der Waals surface area contributed by atoms with Crippen LogP contribution in [0.3, 0.4) is 0 Å². The first-order chi connectivity index (χ1) is 14.1. The summed E-state index contributed by atoms with van der Waals surface area (Å²) in [6.07, 6.45) is 5.19. The largest absolute Gasteiger partial charge is 0.325 e. The summed E-state index contributed by atoms with van der Waals surface area (Å²) in [6.45, 7) is 9.89. The summed E-state index contributed by atoms with van der Waals surface area (Å²) in [6, 6.07) is 5.57. The number of para-hydroxylation sites is 1. The van der Waals surface area contributed by atoms with E-state index < -0.39 is 11.6 Å². The zero-order chi connectivity index (χ0) is 22.1. The summed E-state index contributed by atoms with van der Waals surface area (Å²) < 4.78 is 0. The molecule has 2 aliphatic rings. The van der Waals surface area contributed by atoms with E-state index in [0.29, 0.717) is 0 Å². The summed E-state index contributed by atoms with van der Waals surface area (Å²) in [7, 11) is 0. The van der Waals surface area contributed by atoms with Crippen molar-refractivity contribution < 1.29 is 14.4 Å². The SMILES string of the molecule is CC(C)c1cccc(C(C)C)c1NC(=O)CN1C(=O)N[C@](C)(C2CCCCC2)C1=O. The fraction of sp³-hybridized carbons (Fsp3) is 0.625. The van der Waals surface area contributed by atoms with Gasteiger partial charge in [0.05, 0.1) is 0 Å². The van der Waals surface area contributed by atoms with Crippen molar-refractivity contribution in [1.29, 1.82) is 0 Å². The van der Waals surface area contributed by atoms with Crippen molar-refractivity contribution >= 4 is 23.5 Å². The molecule has 1 aromatic carbocycles. The maximum absolute atomic E-state index is 13.1. The minimum absolute atomic E-state index is 0.130. The Labute approximate surface area is 179 Å².